The monoisotopic (exact) mass is 304 g/mol. The molecule has 3 aliphatic rings. The lowest BCUT2D eigenvalue weighted by Crippen LogP contribution is -2.39. The van der Waals surface area contributed by atoms with E-state index in [0.29, 0.717) is 11.3 Å². The van der Waals surface area contributed by atoms with Gasteiger partial charge >= 0.3 is 0 Å². The summed E-state index contributed by atoms with van der Waals surface area (Å²) >= 11 is 6.11. The zero-order chi connectivity index (χ0) is 15.1. The van der Waals surface area contributed by atoms with E-state index in [2.05, 4.69) is 12.2 Å². The van der Waals surface area contributed by atoms with Gasteiger partial charge in [-0.05, 0) is 23.6 Å². The van der Waals surface area contributed by atoms with Gasteiger partial charge in [0.05, 0.1) is 17.0 Å². The summed E-state index contributed by atoms with van der Waals surface area (Å²) in [5, 5.41) is 13.4. The smallest absolute Gasteiger partial charge is 0.296 e. The van der Waals surface area contributed by atoms with E-state index in [-0.39, 0.29) is 11.7 Å². The van der Waals surface area contributed by atoms with Crippen molar-refractivity contribution < 1.29 is 9.72 Å². The van der Waals surface area contributed by atoms with Gasteiger partial charge < -0.3 is 5.32 Å². The maximum absolute atomic E-state index is 11.8. The molecule has 2 unspecified atom stereocenters. The van der Waals surface area contributed by atoms with Gasteiger partial charge in [0.25, 0.3) is 5.70 Å². The number of carbonyl (C=O) groups excluding carboxylic acids is 1. The van der Waals surface area contributed by atoms with Crippen molar-refractivity contribution in [1.29, 1.82) is 0 Å². The van der Waals surface area contributed by atoms with Crippen molar-refractivity contribution in [2.75, 3.05) is 0 Å². The molecule has 21 heavy (non-hydrogen) atoms. The number of fused-ring (bicyclic) bond motifs is 1. The van der Waals surface area contributed by atoms with Crippen LogP contribution in [0.4, 0.5) is 0 Å². The molecule has 0 aromatic rings. The second kappa shape index (κ2) is 5.00. The number of dihydropyridines is 1. The van der Waals surface area contributed by atoms with Gasteiger partial charge in [0, 0.05) is 5.57 Å². The number of nitrogens with one attached hydrogen (secondary N) is 1. The first-order valence-electron chi connectivity index (χ1n) is 6.66. The van der Waals surface area contributed by atoms with E-state index < -0.39 is 16.1 Å². The predicted octanol–water partition coefficient (Wildman–Crippen LogP) is 2.40. The third-order valence-electron chi connectivity index (χ3n) is 3.79. The summed E-state index contributed by atoms with van der Waals surface area (Å²) in [4.78, 5) is 22.4. The van der Waals surface area contributed by atoms with Crippen LogP contribution >= 0.6 is 11.6 Å². The minimum Gasteiger partial charge on any atom is -0.369 e. The van der Waals surface area contributed by atoms with Crippen LogP contribution < -0.4 is 5.32 Å². The molecule has 1 N–H and O–H groups in total. The Bertz CT molecular complexity index is 698. The molecule has 0 saturated carbocycles. The Balaban J connectivity index is 2.10. The molecule has 1 heterocycles. The molecule has 0 spiro atoms. The molecule has 0 aromatic carbocycles. The highest BCUT2D eigenvalue weighted by Gasteiger charge is 2.37. The minimum atomic E-state index is -0.881. The van der Waals surface area contributed by atoms with Crippen LogP contribution in [0.25, 0.3) is 0 Å². The van der Waals surface area contributed by atoms with Crippen LogP contribution in [0.2, 0.25) is 0 Å². The van der Waals surface area contributed by atoms with E-state index >= 15 is 0 Å². The summed E-state index contributed by atoms with van der Waals surface area (Å²) in [7, 11) is 0. The largest absolute Gasteiger partial charge is 0.369 e. The predicted molar refractivity (Wildman–Crippen MR) is 79.3 cm³/mol. The molecule has 3 rings (SSSR count). The van der Waals surface area contributed by atoms with Crippen molar-refractivity contribution in [2.45, 2.75) is 24.8 Å². The van der Waals surface area contributed by atoms with E-state index in [0.717, 1.165) is 18.1 Å². The van der Waals surface area contributed by atoms with Gasteiger partial charge in [-0.3, -0.25) is 14.9 Å². The second-order valence-electron chi connectivity index (χ2n) is 5.08. The van der Waals surface area contributed by atoms with Gasteiger partial charge in [0.15, 0.2) is 5.78 Å². The standard InChI is InChI=1S/C15H13ClN2O3/c1-2-8-3-4-11-9(5-8)6-10-14(16)13(19)7-12(18(20)21)15(10)17-11/h3-7,11,14,17H,2H2,1H3. The number of ketones is 1. The Morgan fingerprint density at radius 3 is 2.81 bits per heavy atom. The molecule has 108 valence electrons. The fourth-order valence-electron chi connectivity index (χ4n) is 2.66. The van der Waals surface area contributed by atoms with Crippen LogP contribution in [0.3, 0.4) is 0 Å². The van der Waals surface area contributed by atoms with Crippen molar-refractivity contribution in [1.82, 2.24) is 5.32 Å². The normalized spacial score (nSPS) is 27.1. The third kappa shape index (κ3) is 2.23. The van der Waals surface area contributed by atoms with Crippen LogP contribution in [-0.4, -0.2) is 22.1 Å². The number of alkyl halides is 1. The highest BCUT2D eigenvalue weighted by atomic mass is 35.5. The first-order chi connectivity index (χ1) is 10.0. The lowest BCUT2D eigenvalue weighted by atomic mass is 9.86. The summed E-state index contributed by atoms with van der Waals surface area (Å²) in [5.41, 5.74) is 2.73. The zero-order valence-corrected chi connectivity index (χ0v) is 12.1. The van der Waals surface area contributed by atoms with Crippen LogP contribution in [0.15, 0.2) is 58.5 Å². The maximum atomic E-state index is 11.8. The van der Waals surface area contributed by atoms with E-state index in [9.17, 15) is 14.9 Å². The summed E-state index contributed by atoms with van der Waals surface area (Å²) in [5.74, 6) is -0.453. The van der Waals surface area contributed by atoms with Crippen molar-refractivity contribution in [3.63, 3.8) is 0 Å². The van der Waals surface area contributed by atoms with Gasteiger partial charge in [0.2, 0.25) is 0 Å². The van der Waals surface area contributed by atoms with Crippen LogP contribution in [0.1, 0.15) is 13.3 Å². The lowest BCUT2D eigenvalue weighted by molar-refractivity contribution is -0.421. The number of nitro groups is 1. The summed E-state index contributed by atoms with van der Waals surface area (Å²) < 4.78 is 0. The number of hydrogen-bond donors (Lipinski definition) is 1. The molecule has 2 aliphatic carbocycles. The van der Waals surface area contributed by atoms with Crippen molar-refractivity contribution >= 4 is 17.4 Å². The average molecular weight is 305 g/mol. The number of carbonyl (C=O) groups is 1. The van der Waals surface area contributed by atoms with Crippen molar-refractivity contribution in [3.8, 4) is 0 Å². The third-order valence-corrected chi connectivity index (χ3v) is 4.24. The summed E-state index contributed by atoms with van der Waals surface area (Å²) in [6.45, 7) is 2.06. The number of halogens is 1. The van der Waals surface area contributed by atoms with Crippen LogP contribution in [0, 0.1) is 10.1 Å². The topological polar surface area (TPSA) is 72.2 Å². The number of allylic oxidation sites excluding steroid dienone is 5. The van der Waals surface area contributed by atoms with E-state index in [1.807, 2.05) is 18.2 Å². The fourth-order valence-corrected chi connectivity index (χ4v) is 2.89. The van der Waals surface area contributed by atoms with Gasteiger partial charge in [-0.15, -0.1) is 11.6 Å². The van der Waals surface area contributed by atoms with Crippen LogP contribution in [0.5, 0.6) is 0 Å². The molecule has 5 nitrogen and oxygen atoms in total. The van der Waals surface area contributed by atoms with Crippen molar-refractivity contribution in [2.24, 2.45) is 0 Å². The Hall–Kier alpha value is -2.14. The van der Waals surface area contributed by atoms with Crippen molar-refractivity contribution in [3.05, 3.63) is 68.6 Å². The van der Waals surface area contributed by atoms with Crippen LogP contribution in [-0.2, 0) is 4.79 Å². The quantitative estimate of drug-likeness (QED) is 0.483. The molecule has 2 atom stereocenters. The SMILES string of the molecule is CCC1=CC2=CC3=C(NC2C=C1)C([N+](=O)[O-])=CC(=O)C3Cl. The Kier molecular flexibility index (Phi) is 3.29. The number of hydrogen-bond acceptors (Lipinski definition) is 4. The van der Waals surface area contributed by atoms with Gasteiger partial charge in [-0.25, -0.2) is 0 Å². The van der Waals surface area contributed by atoms with E-state index in [4.69, 9.17) is 11.6 Å². The van der Waals surface area contributed by atoms with Gasteiger partial charge in [-0.2, -0.15) is 0 Å². The van der Waals surface area contributed by atoms with E-state index in [1.165, 1.54) is 5.57 Å². The molecular formula is C15H13ClN2O3. The maximum Gasteiger partial charge on any atom is 0.296 e. The highest BCUT2D eigenvalue weighted by Crippen LogP contribution is 2.34. The summed E-state index contributed by atoms with van der Waals surface area (Å²) in [6.07, 6.45) is 9.69. The van der Waals surface area contributed by atoms with Gasteiger partial charge in [0.1, 0.15) is 11.1 Å². The molecule has 0 aromatic heterocycles. The summed E-state index contributed by atoms with van der Waals surface area (Å²) in [6, 6.07) is -0.125. The van der Waals surface area contributed by atoms with Gasteiger partial charge in [-0.1, -0.05) is 25.2 Å². The number of rotatable bonds is 2. The zero-order valence-electron chi connectivity index (χ0n) is 11.3. The molecule has 0 radical (unpaired) electrons. The lowest BCUT2D eigenvalue weighted by Gasteiger charge is -2.30. The number of nitrogens with zero attached hydrogens (tertiary/aromatic N) is 1. The molecule has 0 bridgehead atoms. The Morgan fingerprint density at radius 2 is 2.14 bits per heavy atom. The first kappa shape index (κ1) is 13.8. The average Bonchev–Trinajstić information content (AvgIpc) is 2.48. The molecular weight excluding hydrogens is 292 g/mol. The molecule has 0 amide bonds. The van der Waals surface area contributed by atoms with E-state index in [1.54, 1.807) is 6.08 Å². The molecule has 0 fully saturated rings. The second-order valence-corrected chi connectivity index (χ2v) is 5.52. The highest BCUT2D eigenvalue weighted by molar-refractivity contribution is 6.35. The Morgan fingerprint density at radius 1 is 1.38 bits per heavy atom. The molecule has 1 aliphatic heterocycles. The molecule has 0 saturated heterocycles. The fraction of sp³-hybridized carbons (Fsp3) is 0.267. The Labute approximate surface area is 126 Å². The minimum absolute atomic E-state index is 0.125. The molecule has 6 heteroatoms. The first-order valence-corrected chi connectivity index (χ1v) is 7.10.